The van der Waals surface area contributed by atoms with Crippen molar-refractivity contribution in [2.75, 3.05) is 11.4 Å². The second kappa shape index (κ2) is 7.12. The van der Waals surface area contributed by atoms with Crippen molar-refractivity contribution in [3.8, 4) is 0 Å². The molecular weight excluding hydrogens is 450 g/mol. The predicted molar refractivity (Wildman–Crippen MR) is 101 cm³/mol. The van der Waals surface area contributed by atoms with Gasteiger partial charge in [-0.25, -0.2) is 9.37 Å². The Bertz CT molecular complexity index is 1240. The van der Waals surface area contributed by atoms with E-state index in [-0.39, 0.29) is 55.1 Å². The number of imide groups is 2. The number of halogens is 4. The first-order valence-electron chi connectivity index (χ1n) is 9.98. The first kappa shape index (κ1) is 21.1. The van der Waals surface area contributed by atoms with E-state index in [4.69, 9.17) is 0 Å². The van der Waals surface area contributed by atoms with Crippen molar-refractivity contribution >= 4 is 29.3 Å². The van der Waals surface area contributed by atoms with Gasteiger partial charge in [0.2, 0.25) is 11.8 Å². The van der Waals surface area contributed by atoms with E-state index < -0.39 is 47.4 Å². The molecule has 1 fully saturated rings. The van der Waals surface area contributed by atoms with Gasteiger partial charge in [-0.15, -0.1) is 0 Å². The molecule has 13 heteroatoms. The molecule has 4 heterocycles. The highest BCUT2D eigenvalue weighted by Crippen LogP contribution is 2.38. The summed E-state index contributed by atoms with van der Waals surface area (Å²) < 4.78 is 55.3. The van der Waals surface area contributed by atoms with Gasteiger partial charge in [0.05, 0.1) is 23.4 Å². The third-order valence-corrected chi connectivity index (χ3v) is 5.94. The maximum atomic E-state index is 14.9. The Morgan fingerprint density at radius 2 is 1.82 bits per heavy atom. The number of imidazole rings is 1. The number of fused-ring (bicyclic) bond motifs is 2. The minimum Gasteiger partial charge on any atom is -0.359 e. The van der Waals surface area contributed by atoms with Crippen LogP contribution in [0.4, 0.5) is 23.2 Å². The molecule has 0 saturated carbocycles. The maximum absolute atomic E-state index is 14.9. The van der Waals surface area contributed by atoms with Gasteiger partial charge in [-0.3, -0.25) is 29.4 Å². The molecule has 4 amide bonds. The molecule has 0 spiro atoms. The lowest BCUT2D eigenvalue weighted by atomic mass is 10.0. The Balaban J connectivity index is 1.51. The Labute approximate surface area is 183 Å². The fourth-order valence-corrected chi connectivity index (χ4v) is 4.40. The molecule has 1 aromatic heterocycles. The second-order valence-electron chi connectivity index (χ2n) is 7.92. The number of benzene rings is 1. The van der Waals surface area contributed by atoms with Crippen molar-refractivity contribution in [2.24, 2.45) is 0 Å². The van der Waals surface area contributed by atoms with Crippen LogP contribution in [0.15, 0.2) is 18.3 Å². The van der Waals surface area contributed by atoms with E-state index in [1.165, 1.54) is 9.47 Å². The van der Waals surface area contributed by atoms with Crippen molar-refractivity contribution in [3.63, 3.8) is 0 Å². The molecule has 0 bridgehead atoms. The highest BCUT2D eigenvalue weighted by molar-refractivity contribution is 6.25. The fourth-order valence-electron chi connectivity index (χ4n) is 4.40. The van der Waals surface area contributed by atoms with Crippen LogP contribution in [0, 0.1) is 5.82 Å². The van der Waals surface area contributed by atoms with Crippen LogP contribution >= 0.6 is 0 Å². The van der Waals surface area contributed by atoms with E-state index in [2.05, 4.69) is 10.3 Å². The first-order valence-corrected chi connectivity index (χ1v) is 9.98. The van der Waals surface area contributed by atoms with Gasteiger partial charge in [0.1, 0.15) is 17.7 Å². The zero-order chi connectivity index (χ0) is 23.7. The van der Waals surface area contributed by atoms with Crippen LogP contribution in [-0.2, 0) is 28.9 Å². The van der Waals surface area contributed by atoms with E-state index in [1.54, 1.807) is 0 Å². The molecular formula is C20H15F4N5O4. The van der Waals surface area contributed by atoms with Crippen LogP contribution in [0.2, 0.25) is 0 Å². The molecule has 1 unspecified atom stereocenters. The van der Waals surface area contributed by atoms with Gasteiger partial charge in [0.15, 0.2) is 5.69 Å². The number of anilines is 1. The van der Waals surface area contributed by atoms with E-state index in [9.17, 15) is 36.7 Å². The Kier molecular flexibility index (Phi) is 4.55. The number of carbonyl (C=O) groups is 4. The summed E-state index contributed by atoms with van der Waals surface area (Å²) >= 11 is 0. The lowest BCUT2D eigenvalue weighted by Crippen LogP contribution is -2.54. The number of amides is 4. The molecule has 9 nitrogen and oxygen atoms in total. The second-order valence-corrected chi connectivity index (χ2v) is 7.92. The lowest BCUT2D eigenvalue weighted by Gasteiger charge is -2.31. The van der Waals surface area contributed by atoms with Crippen LogP contribution in [-0.4, -0.2) is 50.7 Å². The van der Waals surface area contributed by atoms with E-state index >= 15 is 0 Å². The molecule has 1 atom stereocenters. The van der Waals surface area contributed by atoms with Crippen molar-refractivity contribution in [1.82, 2.24) is 19.8 Å². The number of rotatable bonds is 2. The molecule has 1 aromatic carbocycles. The SMILES string of the molecule is O=C1CCC(N2C(=O)c3ccc(F)c(N4CCn5cc(C(F)(F)F)nc5C4)c3C2=O)C(=O)N1. The van der Waals surface area contributed by atoms with Crippen molar-refractivity contribution in [3.05, 3.63) is 46.8 Å². The minimum atomic E-state index is -4.64. The van der Waals surface area contributed by atoms with Crippen LogP contribution in [0.3, 0.4) is 0 Å². The number of carbonyl (C=O) groups excluding carboxylic acids is 4. The summed E-state index contributed by atoms with van der Waals surface area (Å²) in [5.41, 5.74) is -1.69. The molecule has 5 rings (SSSR count). The Hall–Kier alpha value is -3.77. The number of nitrogens with zero attached hydrogens (tertiary/aromatic N) is 4. The molecule has 3 aliphatic heterocycles. The minimum absolute atomic E-state index is 0.0318. The number of hydrogen-bond acceptors (Lipinski definition) is 6. The molecule has 172 valence electrons. The van der Waals surface area contributed by atoms with Crippen LogP contribution in [0.1, 0.15) is 45.1 Å². The Morgan fingerprint density at radius 3 is 2.52 bits per heavy atom. The molecule has 1 saturated heterocycles. The molecule has 0 radical (unpaired) electrons. The summed E-state index contributed by atoms with van der Waals surface area (Å²) in [6, 6.07) is 0.906. The largest absolute Gasteiger partial charge is 0.434 e. The van der Waals surface area contributed by atoms with Crippen molar-refractivity contribution in [2.45, 2.75) is 38.1 Å². The topological polar surface area (TPSA) is 105 Å². The van der Waals surface area contributed by atoms with Gasteiger partial charge in [-0.2, -0.15) is 13.2 Å². The average Bonchev–Trinajstić information content (AvgIpc) is 3.28. The summed E-state index contributed by atoms with van der Waals surface area (Å²) in [5.74, 6) is -3.84. The van der Waals surface area contributed by atoms with E-state index in [1.807, 2.05) is 0 Å². The van der Waals surface area contributed by atoms with Crippen molar-refractivity contribution in [1.29, 1.82) is 0 Å². The van der Waals surface area contributed by atoms with Gasteiger partial charge in [0, 0.05) is 25.7 Å². The Morgan fingerprint density at radius 1 is 1.06 bits per heavy atom. The van der Waals surface area contributed by atoms with Crippen LogP contribution in [0.25, 0.3) is 0 Å². The average molecular weight is 465 g/mol. The highest BCUT2D eigenvalue weighted by atomic mass is 19.4. The number of hydrogen-bond donors (Lipinski definition) is 1. The number of aromatic nitrogens is 2. The van der Waals surface area contributed by atoms with Crippen molar-refractivity contribution < 1.29 is 36.7 Å². The molecule has 33 heavy (non-hydrogen) atoms. The summed E-state index contributed by atoms with van der Waals surface area (Å²) in [4.78, 5) is 55.5. The molecule has 3 aliphatic rings. The highest BCUT2D eigenvalue weighted by Gasteiger charge is 2.47. The zero-order valence-electron chi connectivity index (χ0n) is 16.8. The number of alkyl halides is 3. The summed E-state index contributed by atoms with van der Waals surface area (Å²) in [6.07, 6.45) is -3.90. The van der Waals surface area contributed by atoms with Gasteiger partial charge in [-0.05, 0) is 18.6 Å². The maximum Gasteiger partial charge on any atom is 0.434 e. The predicted octanol–water partition coefficient (Wildman–Crippen LogP) is 1.46. The van der Waals surface area contributed by atoms with Crippen LogP contribution < -0.4 is 10.2 Å². The monoisotopic (exact) mass is 465 g/mol. The standard InChI is InChI=1S/C20H15F4N5O4/c21-10-2-1-9-15(19(33)29(18(9)32)11-3-4-14(30)26-17(11)31)16(10)28-6-5-27-7-12(20(22,23)24)25-13(27)8-28/h1-2,7,11H,3-6,8H2,(H,26,30,31). The normalized spacial score (nSPS) is 20.8. The van der Waals surface area contributed by atoms with Gasteiger partial charge in [0.25, 0.3) is 11.8 Å². The number of nitrogens with one attached hydrogen (secondary N) is 1. The molecule has 2 aromatic rings. The third kappa shape index (κ3) is 3.26. The first-order chi connectivity index (χ1) is 15.6. The smallest absolute Gasteiger partial charge is 0.359 e. The van der Waals surface area contributed by atoms with Gasteiger partial charge >= 0.3 is 6.18 Å². The lowest BCUT2D eigenvalue weighted by molar-refractivity contribution is -0.141. The van der Waals surface area contributed by atoms with E-state index in [0.29, 0.717) is 4.90 Å². The fraction of sp³-hybridized carbons (Fsp3) is 0.350. The number of piperidine rings is 1. The zero-order valence-corrected chi connectivity index (χ0v) is 16.8. The molecule has 0 aliphatic carbocycles. The van der Waals surface area contributed by atoms with E-state index in [0.717, 1.165) is 18.3 Å². The van der Waals surface area contributed by atoms with Crippen LogP contribution in [0.5, 0.6) is 0 Å². The quantitative estimate of drug-likeness (QED) is 0.532. The summed E-state index contributed by atoms with van der Waals surface area (Å²) in [5, 5.41) is 2.08. The summed E-state index contributed by atoms with van der Waals surface area (Å²) in [6.45, 7) is -0.0994. The molecule has 1 N–H and O–H groups in total. The third-order valence-electron chi connectivity index (χ3n) is 5.94. The van der Waals surface area contributed by atoms with Gasteiger partial charge in [-0.1, -0.05) is 0 Å². The summed E-state index contributed by atoms with van der Waals surface area (Å²) in [7, 11) is 0. The van der Waals surface area contributed by atoms with Gasteiger partial charge < -0.3 is 9.47 Å².